The fraction of sp³-hybridized carbons (Fsp3) is 0.688. The molecule has 0 aliphatic rings. The van der Waals surface area contributed by atoms with Crippen molar-refractivity contribution in [2.45, 2.75) is 45.1 Å². The van der Waals surface area contributed by atoms with Gasteiger partial charge in [-0.2, -0.15) is 0 Å². The van der Waals surface area contributed by atoms with Crippen LogP contribution in [-0.4, -0.2) is 67.3 Å². The summed E-state index contributed by atoms with van der Waals surface area (Å²) in [7, 11) is 1.61. The second-order valence-corrected chi connectivity index (χ2v) is 5.78. The van der Waals surface area contributed by atoms with Crippen molar-refractivity contribution in [1.82, 2.24) is 21.3 Å². The molecule has 10 heteroatoms. The lowest BCUT2D eigenvalue weighted by Crippen LogP contribution is -2.46. The van der Waals surface area contributed by atoms with Crippen LogP contribution >= 0.6 is 0 Å². The van der Waals surface area contributed by atoms with Crippen molar-refractivity contribution in [3.8, 4) is 0 Å². The highest BCUT2D eigenvalue weighted by molar-refractivity contribution is 5.90. The number of Topliss-reactive ketones (excluding diaryl/α,β-unsaturated/α-hetero) is 1. The number of hydrogen-bond donors (Lipinski definition) is 5. The smallest absolute Gasteiger partial charge is 0.303 e. The van der Waals surface area contributed by atoms with E-state index in [2.05, 4.69) is 21.3 Å². The number of carbonyl (C=O) groups is 5. The maximum absolute atomic E-state index is 11.8. The minimum absolute atomic E-state index is 0.0687. The van der Waals surface area contributed by atoms with Crippen LogP contribution in [0.25, 0.3) is 0 Å². The largest absolute Gasteiger partial charge is 0.481 e. The van der Waals surface area contributed by atoms with Gasteiger partial charge in [-0.05, 0) is 33.2 Å². The second-order valence-electron chi connectivity index (χ2n) is 5.78. The highest BCUT2D eigenvalue weighted by Crippen LogP contribution is 2.02. The first-order valence-electron chi connectivity index (χ1n) is 8.45. The molecule has 0 aromatic carbocycles. The van der Waals surface area contributed by atoms with Crippen LogP contribution in [0.4, 0.5) is 0 Å². The summed E-state index contributed by atoms with van der Waals surface area (Å²) in [5.41, 5.74) is 0. The Bertz CT molecular complexity index is 509. The van der Waals surface area contributed by atoms with Gasteiger partial charge in [-0.15, -0.1) is 0 Å². The number of carboxylic acids is 1. The lowest BCUT2D eigenvalue weighted by Gasteiger charge is -2.16. The lowest BCUT2D eigenvalue weighted by atomic mass is 10.1. The highest BCUT2D eigenvalue weighted by Gasteiger charge is 2.17. The SMILES string of the molecule is CNCC(=O)NCC(=O)N[C@@H](CCCCNC(=O)CCC(=O)O)C(C)=O. The molecule has 0 aromatic heterocycles. The number of aliphatic carboxylic acids is 1. The Balaban J connectivity index is 4.00. The molecule has 0 aliphatic carbocycles. The topological polar surface area (TPSA) is 154 Å². The molecule has 0 aliphatic heterocycles. The summed E-state index contributed by atoms with van der Waals surface area (Å²) in [4.78, 5) is 56.3. The van der Waals surface area contributed by atoms with Crippen LogP contribution < -0.4 is 21.3 Å². The molecule has 0 unspecified atom stereocenters. The highest BCUT2D eigenvalue weighted by atomic mass is 16.4. The maximum Gasteiger partial charge on any atom is 0.303 e. The Labute approximate surface area is 152 Å². The summed E-state index contributed by atoms with van der Waals surface area (Å²) in [5.74, 6) is -2.31. The summed E-state index contributed by atoms with van der Waals surface area (Å²) in [6.07, 6.45) is 1.32. The first kappa shape index (κ1) is 23.5. The molecule has 0 aromatic rings. The summed E-state index contributed by atoms with van der Waals surface area (Å²) < 4.78 is 0. The predicted octanol–water partition coefficient (Wildman–Crippen LogP) is -1.45. The van der Waals surface area contributed by atoms with Crippen LogP contribution in [0.1, 0.15) is 39.0 Å². The molecule has 0 rings (SSSR count). The average molecular weight is 372 g/mol. The van der Waals surface area contributed by atoms with Crippen molar-refractivity contribution in [1.29, 1.82) is 0 Å². The maximum atomic E-state index is 11.8. The van der Waals surface area contributed by atoms with E-state index in [0.717, 1.165) is 0 Å². The summed E-state index contributed by atoms with van der Waals surface area (Å²) >= 11 is 0. The minimum atomic E-state index is -1.03. The third-order valence-electron chi connectivity index (χ3n) is 3.42. The number of hydrogen-bond acceptors (Lipinski definition) is 6. The van der Waals surface area contributed by atoms with E-state index in [4.69, 9.17) is 5.11 Å². The molecule has 148 valence electrons. The number of unbranched alkanes of at least 4 members (excludes halogenated alkanes) is 1. The second kappa shape index (κ2) is 13.8. The molecule has 10 nitrogen and oxygen atoms in total. The number of likely N-dealkylation sites (N-methyl/N-ethyl adjacent to an activating group) is 1. The zero-order valence-corrected chi connectivity index (χ0v) is 15.2. The first-order chi connectivity index (χ1) is 12.3. The normalized spacial score (nSPS) is 11.3. The third kappa shape index (κ3) is 12.9. The third-order valence-corrected chi connectivity index (χ3v) is 3.42. The number of carboxylic acid groups (broad SMARTS) is 1. The van der Waals surface area contributed by atoms with Gasteiger partial charge in [-0.1, -0.05) is 0 Å². The molecule has 0 fully saturated rings. The van der Waals surface area contributed by atoms with Crippen molar-refractivity contribution in [2.75, 3.05) is 26.7 Å². The molecule has 0 radical (unpaired) electrons. The van der Waals surface area contributed by atoms with Crippen molar-refractivity contribution in [3.63, 3.8) is 0 Å². The number of ketones is 1. The van der Waals surface area contributed by atoms with E-state index in [-0.39, 0.29) is 43.5 Å². The van der Waals surface area contributed by atoms with E-state index >= 15 is 0 Å². The fourth-order valence-electron chi connectivity index (χ4n) is 2.03. The van der Waals surface area contributed by atoms with Crippen LogP contribution in [-0.2, 0) is 24.0 Å². The van der Waals surface area contributed by atoms with Crippen molar-refractivity contribution in [3.05, 3.63) is 0 Å². The molecule has 26 heavy (non-hydrogen) atoms. The van der Waals surface area contributed by atoms with Crippen molar-refractivity contribution in [2.24, 2.45) is 0 Å². The predicted molar refractivity (Wildman–Crippen MR) is 93.3 cm³/mol. The van der Waals surface area contributed by atoms with Gasteiger partial charge in [0.2, 0.25) is 17.7 Å². The Morgan fingerprint density at radius 1 is 0.885 bits per heavy atom. The molecule has 3 amide bonds. The van der Waals surface area contributed by atoms with Gasteiger partial charge in [0.1, 0.15) is 0 Å². The Morgan fingerprint density at radius 3 is 2.15 bits per heavy atom. The van der Waals surface area contributed by atoms with Crippen molar-refractivity contribution < 1.29 is 29.1 Å². The van der Waals surface area contributed by atoms with Gasteiger partial charge in [0.25, 0.3) is 0 Å². The molecule has 5 N–H and O–H groups in total. The zero-order chi connectivity index (χ0) is 19.9. The molecule has 0 saturated heterocycles. The molecule has 0 bridgehead atoms. The van der Waals surface area contributed by atoms with E-state index in [1.54, 1.807) is 7.05 Å². The van der Waals surface area contributed by atoms with Crippen LogP contribution in [0.3, 0.4) is 0 Å². The van der Waals surface area contributed by atoms with Gasteiger partial charge in [-0.25, -0.2) is 0 Å². The Hall–Kier alpha value is -2.49. The van der Waals surface area contributed by atoms with Crippen LogP contribution in [0, 0.1) is 0 Å². The summed E-state index contributed by atoms with van der Waals surface area (Å²) in [6, 6.07) is -0.647. The molecular weight excluding hydrogens is 344 g/mol. The monoisotopic (exact) mass is 372 g/mol. The molecule has 0 spiro atoms. The van der Waals surface area contributed by atoms with Gasteiger partial charge in [0.15, 0.2) is 5.78 Å². The number of carbonyl (C=O) groups excluding carboxylic acids is 4. The molecule has 0 heterocycles. The Kier molecular flexibility index (Phi) is 12.4. The number of nitrogens with one attached hydrogen (secondary N) is 4. The van der Waals surface area contributed by atoms with E-state index in [9.17, 15) is 24.0 Å². The molecular formula is C16H28N4O6. The number of amides is 3. The van der Waals surface area contributed by atoms with Crippen LogP contribution in [0.2, 0.25) is 0 Å². The molecule has 0 saturated carbocycles. The summed E-state index contributed by atoms with van der Waals surface area (Å²) in [6.45, 7) is 1.64. The Morgan fingerprint density at radius 2 is 1.58 bits per heavy atom. The van der Waals surface area contributed by atoms with Gasteiger partial charge in [0, 0.05) is 13.0 Å². The lowest BCUT2D eigenvalue weighted by molar-refractivity contribution is -0.138. The minimum Gasteiger partial charge on any atom is -0.481 e. The van der Waals surface area contributed by atoms with E-state index in [1.165, 1.54) is 6.92 Å². The van der Waals surface area contributed by atoms with E-state index in [0.29, 0.717) is 25.8 Å². The van der Waals surface area contributed by atoms with E-state index < -0.39 is 17.9 Å². The molecule has 1 atom stereocenters. The van der Waals surface area contributed by atoms with Gasteiger partial charge in [0.05, 0.1) is 25.6 Å². The van der Waals surface area contributed by atoms with Gasteiger partial charge in [-0.3, -0.25) is 24.0 Å². The van der Waals surface area contributed by atoms with Crippen LogP contribution in [0.5, 0.6) is 0 Å². The summed E-state index contributed by atoms with van der Waals surface area (Å²) in [5, 5.41) is 18.7. The standard InChI is InChI=1S/C16H28N4O6/c1-11(21)12(20-15(24)10-19-14(23)9-17-2)5-3-4-8-18-13(22)6-7-16(25)26/h12,17H,3-10H2,1-2H3,(H,18,22)(H,19,23)(H,20,24)(H,25,26)/t12-/m0/s1. The average Bonchev–Trinajstić information content (AvgIpc) is 2.56. The van der Waals surface area contributed by atoms with Crippen molar-refractivity contribution >= 4 is 29.5 Å². The first-order valence-corrected chi connectivity index (χ1v) is 8.45. The van der Waals surface area contributed by atoms with Gasteiger partial charge < -0.3 is 26.4 Å². The quantitative estimate of drug-likeness (QED) is 0.234. The van der Waals surface area contributed by atoms with E-state index in [1.807, 2.05) is 0 Å². The number of rotatable bonds is 14. The zero-order valence-electron chi connectivity index (χ0n) is 15.2. The fourth-order valence-corrected chi connectivity index (χ4v) is 2.03. The van der Waals surface area contributed by atoms with Gasteiger partial charge >= 0.3 is 5.97 Å². The van der Waals surface area contributed by atoms with Crippen LogP contribution in [0.15, 0.2) is 0 Å².